The molecule has 1 saturated heterocycles. The zero-order valence-electron chi connectivity index (χ0n) is 9.15. The average Bonchev–Trinajstić information content (AvgIpc) is 2.83. The molecule has 0 aromatic carbocycles. The summed E-state index contributed by atoms with van der Waals surface area (Å²) in [6, 6.07) is 0. The van der Waals surface area contributed by atoms with Crippen LogP contribution < -0.4 is 0 Å². The number of hydrogen-bond donors (Lipinski definition) is 1. The van der Waals surface area contributed by atoms with E-state index in [2.05, 4.69) is 22.3 Å². The highest BCUT2D eigenvalue weighted by atomic mass is 32.1. The molecule has 15 heavy (non-hydrogen) atoms. The van der Waals surface area contributed by atoms with Gasteiger partial charge >= 0.3 is 0 Å². The first kappa shape index (κ1) is 11.0. The first-order valence-corrected chi connectivity index (χ1v) is 6.41. The summed E-state index contributed by atoms with van der Waals surface area (Å²) in [5.41, 5.74) is 1.15. The molecule has 0 spiro atoms. The van der Waals surface area contributed by atoms with Crippen LogP contribution in [-0.4, -0.2) is 41.7 Å². The van der Waals surface area contributed by atoms with E-state index in [1.807, 2.05) is 0 Å². The Morgan fingerprint density at radius 2 is 2.53 bits per heavy atom. The van der Waals surface area contributed by atoms with Crippen molar-refractivity contribution in [2.24, 2.45) is 0 Å². The summed E-state index contributed by atoms with van der Waals surface area (Å²) in [4.78, 5) is 7.01. The second kappa shape index (κ2) is 5.05. The largest absolute Gasteiger partial charge is 0.396 e. The summed E-state index contributed by atoms with van der Waals surface area (Å²) < 4.78 is 0. The fraction of sp³-hybridized carbons (Fsp3) is 0.727. The van der Waals surface area contributed by atoms with Crippen molar-refractivity contribution < 1.29 is 5.11 Å². The molecule has 2 heterocycles. The van der Waals surface area contributed by atoms with Gasteiger partial charge in [0.1, 0.15) is 0 Å². The normalized spacial score (nSPS) is 22.4. The molecular weight excluding hydrogens is 208 g/mol. The van der Waals surface area contributed by atoms with Crippen LogP contribution >= 0.6 is 11.3 Å². The summed E-state index contributed by atoms with van der Waals surface area (Å²) in [6.07, 6.45) is 2.98. The van der Waals surface area contributed by atoms with Crippen LogP contribution in [0.3, 0.4) is 0 Å². The van der Waals surface area contributed by atoms with Gasteiger partial charge in [0.25, 0.3) is 0 Å². The third-order valence-corrected chi connectivity index (χ3v) is 3.96. The average molecular weight is 226 g/mol. The van der Waals surface area contributed by atoms with E-state index in [0.29, 0.717) is 5.92 Å². The predicted octanol–water partition coefficient (Wildman–Crippen LogP) is 1.49. The lowest BCUT2D eigenvalue weighted by Crippen LogP contribution is -2.13. The number of nitrogens with zero attached hydrogens (tertiary/aromatic N) is 2. The number of aromatic nitrogens is 1. The van der Waals surface area contributed by atoms with Gasteiger partial charge in [0, 0.05) is 24.4 Å². The van der Waals surface area contributed by atoms with Gasteiger partial charge in [-0.3, -0.25) is 0 Å². The van der Waals surface area contributed by atoms with Gasteiger partial charge in [-0.25, -0.2) is 4.98 Å². The molecule has 1 aromatic heterocycles. The Morgan fingerprint density at radius 3 is 3.20 bits per heavy atom. The Bertz CT molecular complexity index is 313. The minimum Gasteiger partial charge on any atom is -0.396 e. The Balaban J connectivity index is 1.94. The fourth-order valence-corrected chi connectivity index (χ4v) is 3.00. The third kappa shape index (κ3) is 2.77. The molecule has 0 saturated carbocycles. The number of thiazole rings is 1. The minimum atomic E-state index is 0.263. The molecule has 1 N–H and O–H groups in total. The van der Waals surface area contributed by atoms with Gasteiger partial charge in [-0.1, -0.05) is 0 Å². The van der Waals surface area contributed by atoms with Crippen LogP contribution in [0.2, 0.25) is 0 Å². The third-order valence-electron chi connectivity index (χ3n) is 2.90. The smallest absolute Gasteiger partial charge is 0.0972 e. The molecule has 1 aliphatic heterocycles. The lowest BCUT2D eigenvalue weighted by atomic mass is 10.1. The molecular formula is C11H18N2OS. The first-order chi connectivity index (χ1) is 7.29. The molecule has 1 fully saturated rings. The van der Waals surface area contributed by atoms with Crippen molar-refractivity contribution in [2.75, 3.05) is 26.7 Å². The second-order valence-electron chi connectivity index (χ2n) is 4.25. The van der Waals surface area contributed by atoms with Crippen LogP contribution in [0.4, 0.5) is 0 Å². The van der Waals surface area contributed by atoms with E-state index in [4.69, 9.17) is 5.11 Å². The van der Waals surface area contributed by atoms with Crippen LogP contribution in [0.1, 0.15) is 29.5 Å². The molecule has 1 atom stereocenters. The van der Waals surface area contributed by atoms with E-state index >= 15 is 0 Å². The molecule has 1 unspecified atom stereocenters. The maximum atomic E-state index is 8.75. The number of likely N-dealkylation sites (tertiary alicyclic amines) is 1. The van der Waals surface area contributed by atoms with Crippen molar-refractivity contribution in [3.8, 4) is 0 Å². The topological polar surface area (TPSA) is 36.4 Å². The van der Waals surface area contributed by atoms with Crippen LogP contribution in [-0.2, 0) is 6.42 Å². The predicted molar refractivity (Wildman–Crippen MR) is 62.4 cm³/mol. The molecule has 4 heteroatoms. The van der Waals surface area contributed by atoms with Crippen LogP contribution in [0.15, 0.2) is 5.38 Å². The minimum absolute atomic E-state index is 0.263. The molecule has 0 bridgehead atoms. The van der Waals surface area contributed by atoms with E-state index < -0.39 is 0 Å². The van der Waals surface area contributed by atoms with Crippen molar-refractivity contribution in [1.29, 1.82) is 0 Å². The highest BCUT2D eigenvalue weighted by Gasteiger charge is 2.23. The number of hydrogen-bond acceptors (Lipinski definition) is 4. The number of aryl methyl sites for hydroxylation is 1. The van der Waals surface area contributed by atoms with E-state index in [1.165, 1.54) is 18.0 Å². The van der Waals surface area contributed by atoms with Crippen LogP contribution in [0.5, 0.6) is 0 Å². The molecule has 84 valence electrons. The van der Waals surface area contributed by atoms with Crippen molar-refractivity contribution in [2.45, 2.75) is 25.2 Å². The second-order valence-corrected chi connectivity index (χ2v) is 5.14. The lowest BCUT2D eigenvalue weighted by Gasteiger charge is -2.06. The van der Waals surface area contributed by atoms with E-state index in [1.54, 1.807) is 11.3 Å². The van der Waals surface area contributed by atoms with Crippen molar-refractivity contribution in [3.05, 3.63) is 16.1 Å². The summed E-state index contributed by atoms with van der Waals surface area (Å²) in [5.74, 6) is 0.642. The molecule has 0 aliphatic carbocycles. The van der Waals surface area contributed by atoms with Gasteiger partial charge in [0.05, 0.1) is 10.7 Å². The van der Waals surface area contributed by atoms with Crippen molar-refractivity contribution in [3.63, 3.8) is 0 Å². The number of aliphatic hydroxyl groups is 1. The van der Waals surface area contributed by atoms with Gasteiger partial charge in [-0.2, -0.15) is 0 Å². The molecule has 0 amide bonds. The van der Waals surface area contributed by atoms with E-state index in [-0.39, 0.29) is 6.61 Å². The van der Waals surface area contributed by atoms with Crippen molar-refractivity contribution >= 4 is 11.3 Å². The van der Waals surface area contributed by atoms with Gasteiger partial charge in [-0.15, -0.1) is 11.3 Å². The maximum absolute atomic E-state index is 8.75. The molecule has 1 aromatic rings. The summed E-state index contributed by atoms with van der Waals surface area (Å²) in [5, 5.41) is 12.2. The summed E-state index contributed by atoms with van der Waals surface area (Å²) >= 11 is 1.78. The van der Waals surface area contributed by atoms with Crippen LogP contribution in [0.25, 0.3) is 0 Å². The van der Waals surface area contributed by atoms with Gasteiger partial charge in [0.2, 0.25) is 0 Å². The number of likely N-dealkylation sites (N-methyl/N-ethyl adjacent to an activating group) is 1. The first-order valence-electron chi connectivity index (χ1n) is 5.53. The monoisotopic (exact) mass is 226 g/mol. The van der Waals surface area contributed by atoms with Crippen LogP contribution in [0, 0.1) is 0 Å². The Labute approximate surface area is 94.8 Å². The van der Waals surface area contributed by atoms with E-state index in [9.17, 15) is 0 Å². The standard InChI is InChI=1S/C11H18N2OS/c1-13-5-4-9(7-13)11-12-10(8-15-11)3-2-6-14/h8-9,14H,2-7H2,1H3. The molecule has 2 rings (SSSR count). The Morgan fingerprint density at radius 1 is 1.67 bits per heavy atom. The molecule has 0 radical (unpaired) electrons. The fourth-order valence-electron chi connectivity index (χ4n) is 2.02. The highest BCUT2D eigenvalue weighted by molar-refractivity contribution is 7.09. The Hall–Kier alpha value is -0.450. The lowest BCUT2D eigenvalue weighted by molar-refractivity contribution is 0.288. The van der Waals surface area contributed by atoms with Gasteiger partial charge in [-0.05, 0) is 32.9 Å². The molecule has 1 aliphatic rings. The maximum Gasteiger partial charge on any atom is 0.0972 e. The summed E-state index contributed by atoms with van der Waals surface area (Å²) in [7, 11) is 2.17. The zero-order valence-corrected chi connectivity index (χ0v) is 9.96. The Kier molecular flexibility index (Phi) is 3.72. The quantitative estimate of drug-likeness (QED) is 0.845. The SMILES string of the molecule is CN1CCC(c2nc(CCCO)cs2)C1. The van der Waals surface area contributed by atoms with E-state index in [0.717, 1.165) is 25.1 Å². The number of rotatable bonds is 4. The van der Waals surface area contributed by atoms with Crippen molar-refractivity contribution in [1.82, 2.24) is 9.88 Å². The molecule has 3 nitrogen and oxygen atoms in total. The van der Waals surface area contributed by atoms with Gasteiger partial charge in [0.15, 0.2) is 0 Å². The zero-order chi connectivity index (χ0) is 10.7. The highest BCUT2D eigenvalue weighted by Crippen LogP contribution is 2.28. The summed E-state index contributed by atoms with van der Waals surface area (Å²) in [6.45, 7) is 2.60. The number of aliphatic hydroxyl groups excluding tert-OH is 1. The van der Waals surface area contributed by atoms with Gasteiger partial charge < -0.3 is 10.0 Å².